The standard InChI is InChI=1S/C20H18ClF3N2O4S/c21-15-4-5-18-13(10-15)12-30-19(27)26(18)16-6-8-25(9-7-16)31(28,29)17-3-1-2-14(11-17)20(22,23)24/h1-5,10-11,16H,6-9,12H2. The van der Waals surface area contributed by atoms with Gasteiger partial charge in [-0.2, -0.15) is 17.5 Å². The number of halogens is 4. The number of fused-ring (bicyclic) bond motifs is 1. The van der Waals surface area contributed by atoms with E-state index in [9.17, 15) is 26.4 Å². The maximum Gasteiger partial charge on any atom is 0.416 e. The maximum atomic E-state index is 13.0. The average Bonchev–Trinajstić information content (AvgIpc) is 2.73. The van der Waals surface area contributed by atoms with Gasteiger partial charge in [0.1, 0.15) is 6.61 Å². The van der Waals surface area contributed by atoms with Crippen molar-refractivity contribution in [1.82, 2.24) is 4.31 Å². The first-order valence-corrected chi connectivity index (χ1v) is 11.3. The van der Waals surface area contributed by atoms with Gasteiger partial charge < -0.3 is 4.74 Å². The Hall–Kier alpha value is -2.30. The van der Waals surface area contributed by atoms with Gasteiger partial charge in [-0.1, -0.05) is 17.7 Å². The van der Waals surface area contributed by atoms with Crippen molar-refractivity contribution < 1.29 is 31.1 Å². The predicted octanol–water partition coefficient (Wildman–Crippen LogP) is 4.67. The topological polar surface area (TPSA) is 66.9 Å². The van der Waals surface area contributed by atoms with Crippen molar-refractivity contribution in [3.05, 3.63) is 58.6 Å². The molecule has 0 radical (unpaired) electrons. The normalized spacial score (nSPS) is 18.6. The number of hydrogen-bond acceptors (Lipinski definition) is 4. The van der Waals surface area contributed by atoms with Crippen LogP contribution in [0, 0.1) is 0 Å². The number of nitrogens with zero attached hydrogens (tertiary/aromatic N) is 2. The molecule has 6 nitrogen and oxygen atoms in total. The number of anilines is 1. The lowest BCUT2D eigenvalue weighted by Gasteiger charge is -2.39. The highest BCUT2D eigenvalue weighted by Gasteiger charge is 2.38. The van der Waals surface area contributed by atoms with Crippen LogP contribution in [0.25, 0.3) is 0 Å². The fourth-order valence-electron chi connectivity index (χ4n) is 3.88. The second-order valence-corrected chi connectivity index (χ2v) is 9.73. The lowest BCUT2D eigenvalue weighted by atomic mass is 10.0. The highest BCUT2D eigenvalue weighted by molar-refractivity contribution is 7.89. The Labute approximate surface area is 182 Å². The molecule has 2 aliphatic heterocycles. The summed E-state index contributed by atoms with van der Waals surface area (Å²) in [6, 6.07) is 8.50. The van der Waals surface area contributed by atoms with Crippen LogP contribution in [0.3, 0.4) is 0 Å². The van der Waals surface area contributed by atoms with E-state index < -0.39 is 32.8 Å². The fourth-order valence-corrected chi connectivity index (χ4v) is 5.59. The number of alkyl halides is 3. The number of carbonyl (C=O) groups excluding carboxylic acids is 1. The summed E-state index contributed by atoms with van der Waals surface area (Å²) in [6.07, 6.45) is -4.53. The first-order valence-electron chi connectivity index (χ1n) is 9.49. The van der Waals surface area contributed by atoms with Gasteiger partial charge in [-0.25, -0.2) is 13.2 Å². The number of rotatable bonds is 3. The van der Waals surface area contributed by atoms with Crippen LogP contribution in [0.4, 0.5) is 23.7 Å². The summed E-state index contributed by atoms with van der Waals surface area (Å²) in [5, 5.41) is 0.513. The molecule has 0 saturated carbocycles. The van der Waals surface area contributed by atoms with E-state index in [0.717, 1.165) is 28.1 Å². The third kappa shape index (κ3) is 4.24. The van der Waals surface area contributed by atoms with Crippen LogP contribution < -0.4 is 4.90 Å². The summed E-state index contributed by atoms with van der Waals surface area (Å²) in [5.74, 6) is 0. The van der Waals surface area contributed by atoms with Crippen molar-refractivity contribution in [3.8, 4) is 0 Å². The third-order valence-corrected chi connectivity index (χ3v) is 7.57. The molecule has 2 aromatic rings. The van der Waals surface area contributed by atoms with Gasteiger partial charge in [-0.15, -0.1) is 0 Å². The van der Waals surface area contributed by atoms with Crippen LogP contribution in [0.5, 0.6) is 0 Å². The molecule has 2 heterocycles. The van der Waals surface area contributed by atoms with E-state index in [1.807, 2.05) is 0 Å². The number of cyclic esters (lactones) is 1. The van der Waals surface area contributed by atoms with E-state index in [-0.39, 0.29) is 25.7 Å². The summed E-state index contributed by atoms with van der Waals surface area (Å²) < 4.78 is 71.1. The van der Waals surface area contributed by atoms with Gasteiger partial charge in [0.25, 0.3) is 0 Å². The van der Waals surface area contributed by atoms with E-state index in [2.05, 4.69) is 0 Å². The highest BCUT2D eigenvalue weighted by atomic mass is 35.5. The van der Waals surface area contributed by atoms with Gasteiger partial charge >= 0.3 is 12.3 Å². The Bertz CT molecular complexity index is 1120. The van der Waals surface area contributed by atoms with Crippen molar-refractivity contribution in [2.24, 2.45) is 0 Å². The van der Waals surface area contributed by atoms with E-state index in [4.69, 9.17) is 16.3 Å². The quantitative estimate of drug-likeness (QED) is 0.648. The minimum absolute atomic E-state index is 0.0654. The fraction of sp³-hybridized carbons (Fsp3) is 0.350. The van der Waals surface area contributed by atoms with Crippen molar-refractivity contribution in [2.75, 3.05) is 18.0 Å². The number of benzene rings is 2. The molecule has 0 atom stereocenters. The molecular weight excluding hydrogens is 457 g/mol. The van der Waals surface area contributed by atoms with E-state index >= 15 is 0 Å². The highest BCUT2D eigenvalue weighted by Crippen LogP contribution is 2.35. The Morgan fingerprint density at radius 2 is 1.77 bits per heavy atom. The van der Waals surface area contributed by atoms with Crippen LogP contribution in [0.2, 0.25) is 5.02 Å². The van der Waals surface area contributed by atoms with Crippen molar-refractivity contribution >= 4 is 33.4 Å². The zero-order chi connectivity index (χ0) is 22.4. The first-order chi connectivity index (χ1) is 14.6. The van der Waals surface area contributed by atoms with Gasteiger partial charge in [-0.3, -0.25) is 4.90 Å². The lowest BCUT2D eigenvalue weighted by Crippen LogP contribution is -2.50. The monoisotopic (exact) mass is 474 g/mol. The predicted molar refractivity (Wildman–Crippen MR) is 107 cm³/mol. The molecule has 4 rings (SSSR count). The number of amides is 1. The van der Waals surface area contributed by atoms with Crippen LogP contribution >= 0.6 is 11.6 Å². The molecule has 0 aliphatic carbocycles. The summed E-state index contributed by atoms with van der Waals surface area (Å²) in [6.45, 7) is 0.236. The van der Waals surface area contributed by atoms with Gasteiger partial charge in [0.2, 0.25) is 10.0 Å². The van der Waals surface area contributed by atoms with Crippen LogP contribution in [0.15, 0.2) is 47.4 Å². The summed E-state index contributed by atoms with van der Waals surface area (Å²) in [5.41, 5.74) is 0.403. The summed E-state index contributed by atoms with van der Waals surface area (Å²) in [4.78, 5) is 13.5. The molecular formula is C20H18ClF3N2O4S. The van der Waals surface area contributed by atoms with Crippen LogP contribution in [0.1, 0.15) is 24.0 Å². The SMILES string of the molecule is O=C1OCc2cc(Cl)ccc2N1C1CCN(S(=O)(=O)c2cccc(C(F)(F)F)c2)CC1. The maximum absolute atomic E-state index is 13.0. The van der Waals surface area contributed by atoms with Gasteiger partial charge in [0, 0.05) is 29.7 Å². The zero-order valence-corrected chi connectivity index (χ0v) is 17.7. The van der Waals surface area contributed by atoms with E-state index in [0.29, 0.717) is 29.6 Å². The molecule has 0 N–H and O–H groups in total. The summed E-state index contributed by atoms with van der Waals surface area (Å²) in [7, 11) is -4.10. The Kier molecular flexibility index (Phi) is 5.65. The molecule has 0 bridgehead atoms. The Morgan fingerprint density at radius 1 is 1.06 bits per heavy atom. The Morgan fingerprint density at radius 3 is 2.45 bits per heavy atom. The van der Waals surface area contributed by atoms with Gasteiger partial charge in [0.05, 0.1) is 16.1 Å². The number of ether oxygens (including phenoxy) is 1. The zero-order valence-electron chi connectivity index (χ0n) is 16.1. The number of carbonyl (C=O) groups is 1. The molecule has 1 amide bonds. The second kappa shape index (κ2) is 7.99. The van der Waals surface area contributed by atoms with Crippen LogP contribution in [-0.2, 0) is 27.5 Å². The molecule has 0 aromatic heterocycles. The molecule has 2 aliphatic rings. The minimum atomic E-state index is -4.64. The third-order valence-electron chi connectivity index (χ3n) is 5.44. The van der Waals surface area contributed by atoms with Crippen molar-refractivity contribution in [1.29, 1.82) is 0 Å². The first kappa shape index (κ1) is 21.9. The molecule has 31 heavy (non-hydrogen) atoms. The smallest absolute Gasteiger partial charge is 0.416 e. The van der Waals surface area contributed by atoms with Gasteiger partial charge in [0.15, 0.2) is 0 Å². The molecule has 0 spiro atoms. The number of hydrogen-bond donors (Lipinski definition) is 0. The number of sulfonamides is 1. The average molecular weight is 475 g/mol. The lowest BCUT2D eigenvalue weighted by molar-refractivity contribution is -0.137. The molecule has 166 valence electrons. The van der Waals surface area contributed by atoms with Crippen LogP contribution in [-0.4, -0.2) is 37.9 Å². The van der Waals surface area contributed by atoms with Gasteiger partial charge in [-0.05, 0) is 49.2 Å². The van der Waals surface area contributed by atoms with E-state index in [1.54, 1.807) is 18.2 Å². The largest absolute Gasteiger partial charge is 0.444 e. The summed E-state index contributed by atoms with van der Waals surface area (Å²) >= 11 is 6.01. The molecule has 11 heteroatoms. The van der Waals surface area contributed by atoms with E-state index in [1.165, 1.54) is 4.90 Å². The molecule has 1 saturated heterocycles. The second-order valence-electron chi connectivity index (χ2n) is 7.36. The van der Waals surface area contributed by atoms with Crippen molar-refractivity contribution in [2.45, 2.75) is 36.6 Å². The van der Waals surface area contributed by atoms with Crippen molar-refractivity contribution in [3.63, 3.8) is 0 Å². The minimum Gasteiger partial charge on any atom is -0.444 e. The molecule has 2 aromatic carbocycles. The Balaban J connectivity index is 1.52. The molecule has 0 unspecified atom stereocenters. The molecule has 1 fully saturated rings. The number of piperidine rings is 1.